The lowest BCUT2D eigenvalue weighted by Crippen LogP contribution is -2.46. The Morgan fingerprint density at radius 3 is 2.79 bits per heavy atom. The van der Waals surface area contributed by atoms with Crippen molar-refractivity contribution in [3.63, 3.8) is 0 Å². The van der Waals surface area contributed by atoms with Gasteiger partial charge >= 0.3 is 0 Å². The zero-order valence-electron chi connectivity index (χ0n) is 16.9. The van der Waals surface area contributed by atoms with Crippen molar-refractivity contribution in [2.45, 2.75) is 76.3 Å². The molecule has 2 aromatic heterocycles. The molecule has 7 heteroatoms. The number of nitrogens with zero attached hydrogens (tertiary/aromatic N) is 4. The Morgan fingerprint density at radius 2 is 2.00 bits per heavy atom. The molecule has 2 aromatic rings. The first kappa shape index (κ1) is 19.4. The lowest BCUT2D eigenvalue weighted by molar-refractivity contribution is 0.296. The normalized spacial score (nSPS) is 19.7. The molecular formula is C21H32N6S. The van der Waals surface area contributed by atoms with Crippen LogP contribution in [0.1, 0.15) is 67.9 Å². The fourth-order valence-electron chi connectivity index (χ4n) is 4.63. The Bertz CT molecular complexity index is 773. The number of thiophene rings is 1. The van der Waals surface area contributed by atoms with E-state index in [-0.39, 0.29) is 5.41 Å². The molecular weight excluding hydrogens is 368 g/mol. The van der Waals surface area contributed by atoms with Crippen LogP contribution in [0.3, 0.4) is 0 Å². The first-order chi connectivity index (χ1) is 13.8. The third kappa shape index (κ3) is 4.24. The Labute approximate surface area is 171 Å². The molecule has 3 heterocycles. The second-order valence-corrected chi connectivity index (χ2v) is 9.04. The van der Waals surface area contributed by atoms with Crippen LogP contribution in [0.5, 0.6) is 0 Å². The average Bonchev–Trinajstić information content (AvgIpc) is 3.35. The maximum Gasteiger partial charge on any atom is 0.191 e. The maximum absolute atomic E-state index is 4.46. The molecule has 6 nitrogen and oxygen atoms in total. The minimum atomic E-state index is 0.246. The molecule has 1 saturated carbocycles. The van der Waals surface area contributed by atoms with E-state index in [4.69, 9.17) is 0 Å². The van der Waals surface area contributed by atoms with Gasteiger partial charge in [0.25, 0.3) is 0 Å². The minimum absolute atomic E-state index is 0.246. The summed E-state index contributed by atoms with van der Waals surface area (Å²) in [6.45, 7) is 2.64. The molecule has 152 valence electrons. The first-order valence-corrected chi connectivity index (χ1v) is 11.6. The van der Waals surface area contributed by atoms with Gasteiger partial charge in [0, 0.05) is 36.9 Å². The molecule has 1 fully saturated rings. The van der Waals surface area contributed by atoms with Gasteiger partial charge in [0.15, 0.2) is 11.8 Å². The molecule has 0 spiro atoms. The summed E-state index contributed by atoms with van der Waals surface area (Å²) in [4.78, 5) is 5.97. The van der Waals surface area contributed by atoms with Gasteiger partial charge in [-0.05, 0) is 37.1 Å². The highest BCUT2D eigenvalue weighted by molar-refractivity contribution is 7.10. The summed E-state index contributed by atoms with van der Waals surface area (Å²) in [5.41, 5.74) is 0.246. The first-order valence-electron chi connectivity index (χ1n) is 10.7. The Balaban J connectivity index is 1.38. The van der Waals surface area contributed by atoms with E-state index in [0.29, 0.717) is 6.54 Å². The third-order valence-electron chi connectivity index (χ3n) is 6.27. The number of hydrogen-bond acceptors (Lipinski definition) is 4. The molecule has 0 amide bonds. The summed E-state index contributed by atoms with van der Waals surface area (Å²) in [6.07, 6.45) is 11.3. The van der Waals surface area contributed by atoms with Crippen molar-refractivity contribution in [3.05, 3.63) is 34.0 Å². The van der Waals surface area contributed by atoms with Crippen LogP contribution in [-0.2, 0) is 24.9 Å². The highest BCUT2D eigenvalue weighted by Crippen LogP contribution is 2.41. The average molecular weight is 401 g/mol. The summed E-state index contributed by atoms with van der Waals surface area (Å²) in [6, 6.07) is 4.49. The predicted octanol–water partition coefficient (Wildman–Crippen LogP) is 3.63. The van der Waals surface area contributed by atoms with Gasteiger partial charge in [-0.25, -0.2) is 0 Å². The zero-order valence-corrected chi connectivity index (χ0v) is 17.7. The number of hydrogen-bond donors (Lipinski definition) is 2. The Hall–Kier alpha value is -1.89. The Kier molecular flexibility index (Phi) is 6.29. The number of rotatable bonds is 5. The van der Waals surface area contributed by atoms with Crippen LogP contribution in [0.15, 0.2) is 22.5 Å². The highest BCUT2D eigenvalue weighted by Gasteiger charge is 2.34. The van der Waals surface area contributed by atoms with Crippen LogP contribution in [0.25, 0.3) is 0 Å². The van der Waals surface area contributed by atoms with Gasteiger partial charge in [-0.1, -0.05) is 31.7 Å². The second-order valence-electron chi connectivity index (χ2n) is 8.09. The molecule has 28 heavy (non-hydrogen) atoms. The van der Waals surface area contributed by atoms with Gasteiger partial charge in [-0.2, -0.15) is 0 Å². The van der Waals surface area contributed by atoms with Gasteiger partial charge in [0.05, 0.1) is 6.54 Å². The van der Waals surface area contributed by atoms with Crippen molar-refractivity contribution in [1.82, 2.24) is 25.4 Å². The fourth-order valence-corrected chi connectivity index (χ4v) is 5.62. The summed E-state index contributed by atoms with van der Waals surface area (Å²) in [5, 5.41) is 18.1. The number of fused-ring (bicyclic) bond motifs is 1. The van der Waals surface area contributed by atoms with E-state index in [1.807, 2.05) is 18.4 Å². The van der Waals surface area contributed by atoms with E-state index in [0.717, 1.165) is 37.1 Å². The zero-order chi connectivity index (χ0) is 19.2. The molecule has 1 aliphatic carbocycles. The monoisotopic (exact) mass is 400 g/mol. The SMILES string of the molecule is CN=C(NCc1nnc2n1CCCCC2)NCC1(c2cccs2)CCCCC1. The van der Waals surface area contributed by atoms with Gasteiger partial charge in [-0.15, -0.1) is 21.5 Å². The number of guanidine groups is 1. The predicted molar refractivity (Wildman–Crippen MR) is 115 cm³/mol. The van der Waals surface area contributed by atoms with Crippen LogP contribution in [0.4, 0.5) is 0 Å². The molecule has 1 aliphatic heterocycles. The van der Waals surface area contributed by atoms with Gasteiger partial charge < -0.3 is 15.2 Å². The van der Waals surface area contributed by atoms with Crippen molar-refractivity contribution < 1.29 is 0 Å². The standard InChI is InChI=1S/C21H32N6S/c1-22-20(23-15-19-26-25-18-10-4-2-7-13-27(18)19)24-16-21(11-5-3-6-12-21)17-9-8-14-28-17/h8-9,14H,2-7,10-13,15-16H2,1H3,(H2,22,23,24). The van der Waals surface area contributed by atoms with Crippen LogP contribution in [0.2, 0.25) is 0 Å². The quantitative estimate of drug-likeness (QED) is 0.594. The van der Waals surface area contributed by atoms with E-state index in [9.17, 15) is 0 Å². The highest BCUT2D eigenvalue weighted by atomic mass is 32.1. The van der Waals surface area contributed by atoms with Gasteiger partial charge in [0.1, 0.15) is 5.82 Å². The molecule has 2 aliphatic rings. The molecule has 0 unspecified atom stereocenters. The molecule has 0 bridgehead atoms. The summed E-state index contributed by atoms with van der Waals surface area (Å²) in [5.74, 6) is 3.01. The lowest BCUT2D eigenvalue weighted by Gasteiger charge is -2.37. The van der Waals surface area contributed by atoms with Crippen LogP contribution in [0, 0.1) is 0 Å². The molecule has 2 N–H and O–H groups in total. The summed E-state index contributed by atoms with van der Waals surface area (Å²) >= 11 is 1.89. The number of nitrogens with one attached hydrogen (secondary N) is 2. The molecule has 0 atom stereocenters. The van der Waals surface area contributed by atoms with Crippen molar-refractivity contribution in [1.29, 1.82) is 0 Å². The van der Waals surface area contributed by atoms with E-state index < -0.39 is 0 Å². The van der Waals surface area contributed by atoms with Gasteiger partial charge in [0.2, 0.25) is 0 Å². The van der Waals surface area contributed by atoms with Crippen molar-refractivity contribution in [2.24, 2.45) is 4.99 Å². The molecule has 0 aromatic carbocycles. The van der Waals surface area contributed by atoms with Crippen molar-refractivity contribution in [3.8, 4) is 0 Å². The number of aromatic nitrogens is 3. The van der Waals surface area contributed by atoms with E-state index in [1.165, 1.54) is 56.2 Å². The molecule has 0 saturated heterocycles. The summed E-state index contributed by atoms with van der Waals surface area (Å²) < 4.78 is 2.29. The lowest BCUT2D eigenvalue weighted by atomic mass is 9.73. The fraction of sp³-hybridized carbons (Fsp3) is 0.667. The molecule has 0 radical (unpaired) electrons. The third-order valence-corrected chi connectivity index (χ3v) is 7.39. The van der Waals surface area contributed by atoms with Crippen LogP contribution >= 0.6 is 11.3 Å². The van der Waals surface area contributed by atoms with Gasteiger partial charge in [-0.3, -0.25) is 4.99 Å². The van der Waals surface area contributed by atoms with Crippen molar-refractivity contribution in [2.75, 3.05) is 13.6 Å². The minimum Gasteiger partial charge on any atom is -0.355 e. The smallest absolute Gasteiger partial charge is 0.191 e. The van der Waals surface area contributed by atoms with Crippen LogP contribution < -0.4 is 10.6 Å². The Morgan fingerprint density at radius 1 is 1.14 bits per heavy atom. The van der Waals surface area contributed by atoms with E-state index in [1.54, 1.807) is 0 Å². The van der Waals surface area contributed by atoms with E-state index >= 15 is 0 Å². The summed E-state index contributed by atoms with van der Waals surface area (Å²) in [7, 11) is 1.85. The second kappa shape index (κ2) is 9.07. The number of aryl methyl sites for hydroxylation is 1. The van der Waals surface area contributed by atoms with Crippen molar-refractivity contribution >= 4 is 17.3 Å². The molecule has 4 rings (SSSR count). The maximum atomic E-state index is 4.46. The van der Waals surface area contributed by atoms with Crippen LogP contribution in [-0.4, -0.2) is 34.3 Å². The number of aliphatic imine (C=N–C) groups is 1. The largest absolute Gasteiger partial charge is 0.355 e. The topological polar surface area (TPSA) is 67.1 Å². The van der Waals surface area contributed by atoms with E-state index in [2.05, 4.69) is 47.9 Å².